The Morgan fingerprint density at radius 2 is 1.70 bits per heavy atom. The van der Waals surface area contributed by atoms with Gasteiger partial charge in [0.25, 0.3) is 0 Å². The summed E-state index contributed by atoms with van der Waals surface area (Å²) in [4.78, 5) is 0. The van der Waals surface area contributed by atoms with Crippen LogP contribution >= 0.6 is 11.6 Å². The highest BCUT2D eigenvalue weighted by atomic mass is 35.5. The molecular weight excluding hydrogens is 264 g/mol. The molecule has 0 aromatic heterocycles. The first kappa shape index (κ1) is 14.4. The summed E-state index contributed by atoms with van der Waals surface area (Å²) in [6.07, 6.45) is 7.06. The number of halogens is 1. The van der Waals surface area contributed by atoms with Gasteiger partial charge in [0, 0.05) is 0 Å². The van der Waals surface area contributed by atoms with Gasteiger partial charge in [0.1, 0.15) is 0 Å². The molecule has 0 aliphatic heterocycles. The number of benzene rings is 1. The predicted octanol–water partition coefficient (Wildman–Crippen LogP) is 6.03. The summed E-state index contributed by atoms with van der Waals surface area (Å²) in [5.74, 6) is 2.89. The monoisotopic (exact) mass is 290 g/mol. The summed E-state index contributed by atoms with van der Waals surface area (Å²) in [5.41, 5.74) is 7.03. The first-order valence-electron chi connectivity index (χ1n) is 8.18. The molecule has 4 unspecified atom stereocenters. The first-order valence-corrected chi connectivity index (χ1v) is 8.62. The van der Waals surface area contributed by atoms with Crippen LogP contribution in [0.25, 0.3) is 0 Å². The fourth-order valence-corrected chi connectivity index (χ4v) is 5.32. The number of aryl methyl sites for hydroxylation is 2. The summed E-state index contributed by atoms with van der Waals surface area (Å²) in [5, 5.41) is 0.206. The molecule has 0 saturated heterocycles. The van der Waals surface area contributed by atoms with Crippen molar-refractivity contribution in [3.63, 3.8) is 0 Å². The lowest BCUT2D eigenvalue weighted by Crippen LogP contribution is -2.14. The van der Waals surface area contributed by atoms with Crippen molar-refractivity contribution < 1.29 is 0 Å². The van der Waals surface area contributed by atoms with E-state index in [1.807, 2.05) is 0 Å². The van der Waals surface area contributed by atoms with Crippen molar-refractivity contribution in [1.29, 1.82) is 0 Å². The molecule has 2 aliphatic rings. The number of rotatable bonds is 3. The maximum atomic E-state index is 6.88. The van der Waals surface area contributed by atoms with Crippen LogP contribution in [-0.4, -0.2) is 0 Å². The van der Waals surface area contributed by atoms with Crippen LogP contribution in [0.15, 0.2) is 6.07 Å². The quantitative estimate of drug-likeness (QED) is 0.597. The Kier molecular flexibility index (Phi) is 3.88. The smallest absolute Gasteiger partial charge is 0.0593 e. The van der Waals surface area contributed by atoms with E-state index in [4.69, 9.17) is 11.6 Å². The average molecular weight is 291 g/mol. The van der Waals surface area contributed by atoms with Crippen molar-refractivity contribution in [2.75, 3.05) is 0 Å². The molecule has 0 N–H and O–H groups in total. The zero-order valence-electron chi connectivity index (χ0n) is 13.3. The maximum absolute atomic E-state index is 6.88. The molecule has 0 nitrogen and oxygen atoms in total. The molecule has 110 valence electrons. The van der Waals surface area contributed by atoms with Crippen molar-refractivity contribution in [2.24, 2.45) is 17.8 Å². The third-order valence-corrected chi connectivity index (χ3v) is 6.53. The molecule has 1 heteroatoms. The molecular formula is C19H27Cl. The van der Waals surface area contributed by atoms with Gasteiger partial charge in [-0.15, -0.1) is 11.6 Å². The van der Waals surface area contributed by atoms with Crippen LogP contribution in [0.4, 0.5) is 0 Å². The largest absolute Gasteiger partial charge is 0.118 e. The number of hydrogen-bond acceptors (Lipinski definition) is 0. The van der Waals surface area contributed by atoms with E-state index in [1.54, 1.807) is 0 Å². The fraction of sp³-hybridized carbons (Fsp3) is 0.684. The average Bonchev–Trinajstić information content (AvgIpc) is 2.99. The highest BCUT2D eigenvalue weighted by Crippen LogP contribution is 2.52. The SMILES string of the molecule is Cc1cc(C)c(C)c(C(Cl)CC2CC3CCC2C3)c1C. The molecule has 1 aromatic carbocycles. The Hall–Kier alpha value is -0.490. The summed E-state index contributed by atoms with van der Waals surface area (Å²) < 4.78 is 0. The van der Waals surface area contributed by atoms with E-state index >= 15 is 0 Å². The second-order valence-electron chi connectivity index (χ2n) is 7.31. The number of hydrogen-bond donors (Lipinski definition) is 0. The Balaban J connectivity index is 1.82. The van der Waals surface area contributed by atoms with Crippen LogP contribution in [0, 0.1) is 45.4 Å². The van der Waals surface area contributed by atoms with Gasteiger partial charge in [-0.25, -0.2) is 0 Å². The van der Waals surface area contributed by atoms with E-state index in [-0.39, 0.29) is 5.38 Å². The second kappa shape index (κ2) is 5.37. The molecule has 2 bridgehead atoms. The van der Waals surface area contributed by atoms with Gasteiger partial charge in [-0.05, 0) is 98.9 Å². The third-order valence-electron chi connectivity index (χ3n) is 6.13. The van der Waals surface area contributed by atoms with Gasteiger partial charge >= 0.3 is 0 Å². The van der Waals surface area contributed by atoms with E-state index in [2.05, 4.69) is 33.8 Å². The number of alkyl halides is 1. The van der Waals surface area contributed by atoms with Crippen LogP contribution in [0.3, 0.4) is 0 Å². The minimum atomic E-state index is 0.206. The minimum Gasteiger partial charge on any atom is -0.118 e. The highest BCUT2D eigenvalue weighted by Gasteiger charge is 2.40. The van der Waals surface area contributed by atoms with Crippen LogP contribution in [0.1, 0.15) is 65.3 Å². The molecule has 2 aliphatic carbocycles. The molecule has 2 saturated carbocycles. The zero-order chi connectivity index (χ0) is 14.4. The van der Waals surface area contributed by atoms with Crippen molar-refractivity contribution in [1.82, 2.24) is 0 Å². The normalized spacial score (nSPS) is 29.9. The van der Waals surface area contributed by atoms with E-state index in [1.165, 1.54) is 59.9 Å². The standard InChI is InChI=1S/C19H27Cl/c1-11-7-12(2)14(4)19(13(11)3)18(20)10-17-9-15-5-6-16(17)8-15/h7,15-18H,5-6,8-10H2,1-4H3. The van der Waals surface area contributed by atoms with E-state index in [9.17, 15) is 0 Å². The second-order valence-corrected chi connectivity index (χ2v) is 7.84. The lowest BCUT2D eigenvalue weighted by molar-refractivity contribution is 0.311. The van der Waals surface area contributed by atoms with Crippen LogP contribution in [0.2, 0.25) is 0 Å². The van der Waals surface area contributed by atoms with Crippen LogP contribution in [-0.2, 0) is 0 Å². The molecule has 0 amide bonds. The van der Waals surface area contributed by atoms with Crippen LogP contribution in [0.5, 0.6) is 0 Å². The minimum absolute atomic E-state index is 0.206. The molecule has 2 fully saturated rings. The van der Waals surface area contributed by atoms with Gasteiger partial charge in [-0.3, -0.25) is 0 Å². The van der Waals surface area contributed by atoms with Gasteiger partial charge in [0.2, 0.25) is 0 Å². The molecule has 1 aromatic rings. The molecule has 0 spiro atoms. The van der Waals surface area contributed by atoms with Crippen LogP contribution < -0.4 is 0 Å². The zero-order valence-corrected chi connectivity index (χ0v) is 14.1. The Morgan fingerprint density at radius 1 is 1.05 bits per heavy atom. The van der Waals surface area contributed by atoms with Gasteiger partial charge in [0.15, 0.2) is 0 Å². The fourth-order valence-electron chi connectivity index (χ4n) is 4.77. The van der Waals surface area contributed by atoms with Crippen molar-refractivity contribution in [3.05, 3.63) is 33.9 Å². The molecule has 20 heavy (non-hydrogen) atoms. The van der Waals surface area contributed by atoms with Gasteiger partial charge in [-0.2, -0.15) is 0 Å². The lowest BCUT2D eigenvalue weighted by atomic mass is 9.82. The summed E-state index contributed by atoms with van der Waals surface area (Å²) >= 11 is 6.88. The van der Waals surface area contributed by atoms with Crippen molar-refractivity contribution in [3.8, 4) is 0 Å². The Labute approximate surface area is 128 Å². The summed E-state index contributed by atoms with van der Waals surface area (Å²) in [6, 6.07) is 2.30. The summed E-state index contributed by atoms with van der Waals surface area (Å²) in [7, 11) is 0. The molecule has 3 rings (SSSR count). The van der Waals surface area contributed by atoms with Gasteiger partial charge < -0.3 is 0 Å². The van der Waals surface area contributed by atoms with E-state index in [0.717, 1.165) is 17.8 Å². The number of fused-ring (bicyclic) bond motifs is 2. The van der Waals surface area contributed by atoms with E-state index < -0.39 is 0 Å². The third kappa shape index (κ3) is 2.41. The van der Waals surface area contributed by atoms with Gasteiger partial charge in [-0.1, -0.05) is 12.5 Å². The maximum Gasteiger partial charge on any atom is 0.0593 e. The van der Waals surface area contributed by atoms with Gasteiger partial charge in [0.05, 0.1) is 5.38 Å². The van der Waals surface area contributed by atoms with E-state index in [0.29, 0.717) is 0 Å². The Morgan fingerprint density at radius 3 is 2.20 bits per heavy atom. The first-order chi connectivity index (χ1) is 9.47. The molecule has 0 heterocycles. The topological polar surface area (TPSA) is 0 Å². The summed E-state index contributed by atoms with van der Waals surface area (Å²) in [6.45, 7) is 8.92. The van der Waals surface area contributed by atoms with Crippen molar-refractivity contribution in [2.45, 2.75) is 65.2 Å². The van der Waals surface area contributed by atoms with Crippen molar-refractivity contribution >= 4 is 11.6 Å². The lowest BCUT2D eigenvalue weighted by Gasteiger charge is -2.26. The molecule has 0 radical (unpaired) electrons. The highest BCUT2D eigenvalue weighted by molar-refractivity contribution is 6.21. The Bertz CT molecular complexity index is 491. The molecule has 4 atom stereocenters. The predicted molar refractivity (Wildman–Crippen MR) is 87.5 cm³/mol.